The first-order valence-corrected chi connectivity index (χ1v) is 7.48. The highest BCUT2D eigenvalue weighted by molar-refractivity contribution is 7.17. The third-order valence-corrected chi connectivity index (χ3v) is 4.49. The Balaban J connectivity index is 1.87. The van der Waals surface area contributed by atoms with Crippen molar-refractivity contribution in [1.82, 2.24) is 0 Å². The van der Waals surface area contributed by atoms with Crippen LogP contribution in [-0.2, 0) is 0 Å². The molecule has 0 atom stereocenters. The molecule has 0 aliphatic heterocycles. The summed E-state index contributed by atoms with van der Waals surface area (Å²) in [7, 11) is 0. The monoisotopic (exact) mass is 308 g/mol. The van der Waals surface area contributed by atoms with Gasteiger partial charge in [0, 0.05) is 10.4 Å². The van der Waals surface area contributed by atoms with Crippen LogP contribution in [0, 0.1) is 0 Å². The fourth-order valence-electron chi connectivity index (χ4n) is 2.19. The van der Waals surface area contributed by atoms with E-state index >= 15 is 0 Å². The summed E-state index contributed by atoms with van der Waals surface area (Å²) in [6.07, 6.45) is 0.823. The summed E-state index contributed by atoms with van der Waals surface area (Å²) in [5, 5.41) is 8.97. The van der Waals surface area contributed by atoms with Crippen molar-refractivity contribution < 1.29 is 14.7 Å². The van der Waals surface area contributed by atoms with Crippen LogP contribution in [0.2, 0.25) is 0 Å². The van der Waals surface area contributed by atoms with Crippen LogP contribution in [-0.4, -0.2) is 17.4 Å². The maximum Gasteiger partial charge on any atom is 0.345 e. The molecule has 3 rings (SSSR count). The Morgan fingerprint density at radius 1 is 0.818 bits per heavy atom. The molecule has 0 spiro atoms. The van der Waals surface area contributed by atoms with E-state index in [1.165, 1.54) is 11.3 Å². The summed E-state index contributed by atoms with van der Waals surface area (Å²) in [6, 6.07) is 18.8. The van der Waals surface area contributed by atoms with E-state index in [0.29, 0.717) is 10.4 Å². The van der Waals surface area contributed by atoms with E-state index < -0.39 is 5.97 Å². The molecule has 2 aromatic carbocycles. The number of hydrogen-bond acceptors (Lipinski definition) is 3. The van der Waals surface area contributed by atoms with Gasteiger partial charge in [-0.2, -0.15) is 0 Å². The van der Waals surface area contributed by atoms with Crippen molar-refractivity contribution >= 4 is 23.6 Å². The minimum Gasteiger partial charge on any atom is -0.477 e. The molecule has 0 aliphatic carbocycles. The number of aromatic carboxylic acids is 1. The van der Waals surface area contributed by atoms with Gasteiger partial charge in [-0.3, -0.25) is 4.79 Å². The molecule has 0 aliphatic rings. The fourth-order valence-corrected chi connectivity index (χ4v) is 3.04. The molecule has 22 heavy (non-hydrogen) atoms. The van der Waals surface area contributed by atoms with Crippen molar-refractivity contribution in [2.45, 2.75) is 0 Å². The summed E-state index contributed by atoms with van der Waals surface area (Å²) in [6.45, 7) is 0. The van der Waals surface area contributed by atoms with E-state index in [9.17, 15) is 9.59 Å². The van der Waals surface area contributed by atoms with Crippen molar-refractivity contribution in [1.29, 1.82) is 0 Å². The van der Waals surface area contributed by atoms with E-state index in [1.54, 1.807) is 18.2 Å². The van der Waals surface area contributed by atoms with Crippen molar-refractivity contribution in [3.8, 4) is 21.6 Å². The average Bonchev–Trinajstić information content (AvgIpc) is 3.05. The number of carbonyl (C=O) groups is 2. The maximum absolute atomic E-state index is 10.9. The van der Waals surface area contributed by atoms with Crippen LogP contribution in [0.4, 0.5) is 0 Å². The number of rotatable bonds is 4. The predicted octanol–water partition coefficient (Wildman–Crippen LogP) is 4.59. The number of carboxylic acid groups (broad SMARTS) is 1. The zero-order valence-electron chi connectivity index (χ0n) is 11.5. The zero-order valence-corrected chi connectivity index (χ0v) is 12.3. The van der Waals surface area contributed by atoms with E-state index in [4.69, 9.17) is 5.11 Å². The van der Waals surface area contributed by atoms with E-state index in [2.05, 4.69) is 0 Å². The summed E-state index contributed by atoms with van der Waals surface area (Å²) < 4.78 is 0. The topological polar surface area (TPSA) is 54.4 Å². The number of aldehydes is 1. The lowest BCUT2D eigenvalue weighted by atomic mass is 10.0. The molecule has 1 heterocycles. The Bertz CT molecular complexity index is 814. The first kappa shape index (κ1) is 14.2. The SMILES string of the molecule is O=Cc1ccc(-c2ccc(-c3ccc(C(=O)O)s3)cc2)cc1. The van der Waals surface area contributed by atoms with E-state index in [0.717, 1.165) is 27.9 Å². The van der Waals surface area contributed by atoms with Gasteiger partial charge < -0.3 is 5.11 Å². The Morgan fingerprint density at radius 3 is 1.86 bits per heavy atom. The van der Waals surface area contributed by atoms with Crippen molar-refractivity contribution in [2.24, 2.45) is 0 Å². The molecule has 3 aromatic rings. The summed E-state index contributed by atoms with van der Waals surface area (Å²) in [5.41, 5.74) is 3.73. The number of carbonyl (C=O) groups excluding carboxylic acids is 1. The normalized spacial score (nSPS) is 10.4. The lowest BCUT2D eigenvalue weighted by molar-refractivity contribution is 0.0702. The standard InChI is InChI=1S/C18H12O3S/c19-11-12-1-3-13(4-2-12)14-5-7-15(8-6-14)16-9-10-17(22-16)18(20)21/h1-11H,(H,20,21). The zero-order chi connectivity index (χ0) is 15.5. The minimum atomic E-state index is -0.900. The van der Waals surface area contributed by atoms with Crippen LogP contribution in [0.3, 0.4) is 0 Å². The van der Waals surface area contributed by atoms with Crippen molar-refractivity contribution in [3.63, 3.8) is 0 Å². The molecule has 4 heteroatoms. The van der Waals surface area contributed by atoms with Crippen LogP contribution in [0.15, 0.2) is 60.7 Å². The Labute approximate surface area is 131 Å². The second-order valence-corrected chi connectivity index (χ2v) is 5.87. The highest BCUT2D eigenvalue weighted by Gasteiger charge is 2.08. The molecular formula is C18H12O3S. The van der Waals surface area contributed by atoms with Crippen LogP contribution in [0.1, 0.15) is 20.0 Å². The fraction of sp³-hybridized carbons (Fsp3) is 0. The Hall–Kier alpha value is -2.72. The molecule has 0 unspecified atom stereocenters. The van der Waals surface area contributed by atoms with Crippen LogP contribution in [0.25, 0.3) is 21.6 Å². The third kappa shape index (κ3) is 2.82. The summed E-state index contributed by atoms with van der Waals surface area (Å²) >= 11 is 1.26. The highest BCUT2D eigenvalue weighted by Crippen LogP contribution is 2.30. The van der Waals surface area contributed by atoms with Gasteiger partial charge in [-0.25, -0.2) is 4.79 Å². The second-order valence-electron chi connectivity index (χ2n) is 4.79. The maximum atomic E-state index is 10.9. The van der Waals surface area contributed by atoms with Gasteiger partial charge in [-0.1, -0.05) is 48.5 Å². The molecule has 3 nitrogen and oxygen atoms in total. The van der Waals surface area contributed by atoms with Gasteiger partial charge in [-0.15, -0.1) is 11.3 Å². The van der Waals surface area contributed by atoms with Gasteiger partial charge in [0.1, 0.15) is 11.2 Å². The third-order valence-electron chi connectivity index (χ3n) is 3.37. The van der Waals surface area contributed by atoms with Gasteiger partial charge in [0.2, 0.25) is 0 Å². The minimum absolute atomic E-state index is 0.337. The Morgan fingerprint density at radius 2 is 1.36 bits per heavy atom. The molecule has 0 saturated heterocycles. The summed E-state index contributed by atoms with van der Waals surface area (Å²) in [5.74, 6) is -0.900. The first-order valence-electron chi connectivity index (χ1n) is 6.66. The lowest BCUT2D eigenvalue weighted by Gasteiger charge is -2.03. The van der Waals surface area contributed by atoms with E-state index in [1.807, 2.05) is 42.5 Å². The molecule has 0 radical (unpaired) electrons. The lowest BCUT2D eigenvalue weighted by Crippen LogP contribution is -1.89. The van der Waals surface area contributed by atoms with Crippen LogP contribution in [0.5, 0.6) is 0 Å². The number of carboxylic acids is 1. The molecule has 108 valence electrons. The molecule has 0 amide bonds. The Kier molecular flexibility index (Phi) is 3.85. The highest BCUT2D eigenvalue weighted by atomic mass is 32.1. The van der Waals surface area contributed by atoms with Crippen molar-refractivity contribution in [2.75, 3.05) is 0 Å². The number of hydrogen-bond donors (Lipinski definition) is 1. The molecule has 0 fully saturated rings. The summed E-state index contributed by atoms with van der Waals surface area (Å²) in [4.78, 5) is 22.9. The molecule has 0 saturated carbocycles. The van der Waals surface area contributed by atoms with Gasteiger partial charge in [-0.05, 0) is 28.8 Å². The van der Waals surface area contributed by atoms with Crippen LogP contribution >= 0.6 is 11.3 Å². The molecule has 1 aromatic heterocycles. The molecule has 1 N–H and O–H groups in total. The van der Waals surface area contributed by atoms with Gasteiger partial charge >= 0.3 is 5.97 Å². The van der Waals surface area contributed by atoms with Gasteiger partial charge in [0.05, 0.1) is 0 Å². The molecule has 0 bridgehead atoms. The smallest absolute Gasteiger partial charge is 0.345 e. The predicted molar refractivity (Wildman–Crippen MR) is 87.5 cm³/mol. The van der Waals surface area contributed by atoms with Crippen molar-refractivity contribution in [3.05, 3.63) is 71.1 Å². The quantitative estimate of drug-likeness (QED) is 0.717. The average molecular weight is 308 g/mol. The number of thiophene rings is 1. The van der Waals surface area contributed by atoms with E-state index in [-0.39, 0.29) is 0 Å². The van der Waals surface area contributed by atoms with Crippen LogP contribution < -0.4 is 0 Å². The molecular weight excluding hydrogens is 296 g/mol. The largest absolute Gasteiger partial charge is 0.477 e. The first-order chi connectivity index (χ1) is 10.7. The second kappa shape index (κ2) is 5.95. The number of benzene rings is 2. The van der Waals surface area contributed by atoms with Gasteiger partial charge in [0.15, 0.2) is 0 Å². The van der Waals surface area contributed by atoms with Gasteiger partial charge in [0.25, 0.3) is 0 Å².